The van der Waals surface area contributed by atoms with Gasteiger partial charge in [-0.3, -0.25) is 4.79 Å². The van der Waals surface area contributed by atoms with Crippen LogP contribution in [-0.2, 0) is 4.84 Å². The number of pyridine rings is 1. The maximum atomic E-state index is 12.5. The number of ether oxygens (including phenoxy) is 2. The Morgan fingerprint density at radius 1 is 1.08 bits per heavy atom. The van der Waals surface area contributed by atoms with E-state index in [9.17, 15) is 4.79 Å². The molecule has 194 valence electrons. The predicted octanol–water partition coefficient (Wildman–Crippen LogP) is 3.98. The molecule has 3 aromatic rings. The van der Waals surface area contributed by atoms with Crippen LogP contribution in [-0.4, -0.2) is 35.9 Å². The molecule has 0 aliphatic carbocycles. The SMILES string of the molecule is CON=C1CC(C)(COc2ccc(NC(=O)c3ccc(N)nc3N)cc2)Oc2c(C)c(C)c(N)c(C)c21. The number of hydrogen-bond donors (Lipinski definition) is 4. The van der Waals surface area contributed by atoms with E-state index in [0.29, 0.717) is 17.9 Å². The Labute approximate surface area is 215 Å². The number of amides is 1. The Kier molecular flexibility index (Phi) is 6.84. The van der Waals surface area contributed by atoms with Crippen LogP contribution in [0.1, 0.15) is 46.0 Å². The van der Waals surface area contributed by atoms with Gasteiger partial charge in [0.25, 0.3) is 5.91 Å². The Morgan fingerprint density at radius 2 is 1.78 bits per heavy atom. The summed E-state index contributed by atoms with van der Waals surface area (Å²) in [5.41, 5.74) is 23.1. The molecule has 0 fully saturated rings. The third-order valence-electron chi connectivity index (χ3n) is 6.54. The van der Waals surface area contributed by atoms with Crippen molar-refractivity contribution in [2.24, 2.45) is 5.16 Å². The molecule has 2 aromatic carbocycles. The second-order valence-corrected chi connectivity index (χ2v) is 9.38. The molecule has 0 bridgehead atoms. The number of fused-ring (bicyclic) bond motifs is 1. The standard InChI is InChI=1S/C27H32N6O4/c1-14-15(2)24-22(16(3)23(14)29)20(33-35-5)12-27(4,37-24)13-36-18-8-6-17(7-9-18)31-26(34)19-10-11-21(28)32-25(19)30/h6-11H,12-13,29H2,1-5H3,(H,31,34)(H4,28,30,32). The first-order valence-electron chi connectivity index (χ1n) is 11.8. The number of nitrogens with two attached hydrogens (primary N) is 3. The minimum atomic E-state index is -0.698. The maximum absolute atomic E-state index is 12.5. The van der Waals surface area contributed by atoms with Crippen LogP contribution in [0.4, 0.5) is 23.0 Å². The summed E-state index contributed by atoms with van der Waals surface area (Å²) >= 11 is 0. The van der Waals surface area contributed by atoms with Crippen molar-refractivity contribution in [1.29, 1.82) is 0 Å². The number of carbonyl (C=O) groups is 1. The number of benzene rings is 2. The normalized spacial score (nSPS) is 17.6. The predicted molar refractivity (Wildman–Crippen MR) is 145 cm³/mol. The molecule has 1 amide bonds. The van der Waals surface area contributed by atoms with Crippen LogP contribution < -0.4 is 32.0 Å². The van der Waals surface area contributed by atoms with Gasteiger partial charge in [0.2, 0.25) is 0 Å². The third kappa shape index (κ3) is 5.09. The minimum Gasteiger partial charge on any atom is -0.489 e. The number of nitrogens with one attached hydrogen (secondary N) is 1. The fourth-order valence-corrected chi connectivity index (χ4v) is 4.37. The molecule has 1 aromatic heterocycles. The minimum absolute atomic E-state index is 0.0689. The van der Waals surface area contributed by atoms with Crippen LogP contribution in [0.5, 0.6) is 11.5 Å². The summed E-state index contributed by atoms with van der Waals surface area (Å²) in [7, 11) is 1.52. The molecule has 0 saturated carbocycles. The van der Waals surface area contributed by atoms with Crippen LogP contribution in [0, 0.1) is 20.8 Å². The van der Waals surface area contributed by atoms with Crippen molar-refractivity contribution >= 4 is 34.6 Å². The molecule has 0 spiro atoms. The summed E-state index contributed by atoms with van der Waals surface area (Å²) in [5, 5.41) is 7.08. The van der Waals surface area contributed by atoms with Crippen molar-refractivity contribution in [2.45, 2.75) is 39.7 Å². The lowest BCUT2D eigenvalue weighted by molar-refractivity contribution is 0.0353. The second-order valence-electron chi connectivity index (χ2n) is 9.38. The molecule has 1 atom stereocenters. The first kappa shape index (κ1) is 25.6. The summed E-state index contributed by atoms with van der Waals surface area (Å²) in [6.07, 6.45) is 0.474. The number of hydrogen-bond acceptors (Lipinski definition) is 9. The first-order chi connectivity index (χ1) is 17.5. The van der Waals surface area contributed by atoms with Gasteiger partial charge >= 0.3 is 0 Å². The largest absolute Gasteiger partial charge is 0.489 e. The summed E-state index contributed by atoms with van der Waals surface area (Å²) in [6, 6.07) is 10.1. The number of anilines is 4. The van der Waals surface area contributed by atoms with E-state index in [2.05, 4.69) is 15.5 Å². The van der Waals surface area contributed by atoms with Crippen molar-refractivity contribution in [3.05, 3.63) is 64.2 Å². The van der Waals surface area contributed by atoms with Gasteiger partial charge in [0, 0.05) is 23.4 Å². The average molecular weight is 505 g/mol. The van der Waals surface area contributed by atoms with E-state index in [0.717, 1.165) is 39.4 Å². The highest BCUT2D eigenvalue weighted by Gasteiger charge is 2.39. The van der Waals surface area contributed by atoms with E-state index in [4.69, 9.17) is 31.5 Å². The van der Waals surface area contributed by atoms with Gasteiger partial charge in [-0.25, -0.2) is 4.98 Å². The second kappa shape index (κ2) is 9.88. The Hall–Kier alpha value is -4.47. The molecule has 1 aliphatic rings. The van der Waals surface area contributed by atoms with Crippen molar-refractivity contribution < 1.29 is 19.1 Å². The van der Waals surface area contributed by atoms with E-state index >= 15 is 0 Å². The quantitative estimate of drug-likeness (QED) is 0.290. The molecule has 2 heterocycles. The van der Waals surface area contributed by atoms with E-state index < -0.39 is 5.60 Å². The fourth-order valence-electron chi connectivity index (χ4n) is 4.37. The van der Waals surface area contributed by atoms with Gasteiger partial charge < -0.3 is 36.8 Å². The van der Waals surface area contributed by atoms with Crippen LogP contribution in [0.15, 0.2) is 41.6 Å². The molecule has 10 nitrogen and oxygen atoms in total. The molecule has 10 heteroatoms. The molecule has 4 rings (SSSR count). The van der Waals surface area contributed by atoms with Crippen LogP contribution in [0.3, 0.4) is 0 Å². The zero-order valence-electron chi connectivity index (χ0n) is 21.6. The Balaban J connectivity index is 1.48. The summed E-state index contributed by atoms with van der Waals surface area (Å²) < 4.78 is 12.6. The van der Waals surface area contributed by atoms with Gasteiger partial charge in [-0.1, -0.05) is 5.16 Å². The number of nitrogen functional groups attached to an aromatic ring is 3. The average Bonchev–Trinajstić information content (AvgIpc) is 2.85. The summed E-state index contributed by atoms with van der Waals surface area (Å²) in [6.45, 7) is 8.17. The van der Waals surface area contributed by atoms with Crippen LogP contribution in [0.2, 0.25) is 0 Å². The number of rotatable bonds is 6. The van der Waals surface area contributed by atoms with Crippen LogP contribution in [0.25, 0.3) is 0 Å². The molecular formula is C27H32N6O4. The number of carbonyl (C=O) groups excluding carboxylic acids is 1. The molecule has 0 saturated heterocycles. The molecular weight excluding hydrogens is 472 g/mol. The van der Waals surface area contributed by atoms with Crippen molar-refractivity contribution in [3.8, 4) is 11.5 Å². The first-order valence-corrected chi connectivity index (χ1v) is 11.8. The highest BCUT2D eigenvalue weighted by atomic mass is 16.6. The van der Waals surface area contributed by atoms with Crippen molar-refractivity contribution in [1.82, 2.24) is 4.98 Å². The molecule has 1 unspecified atom stereocenters. The van der Waals surface area contributed by atoms with Gasteiger partial charge in [0.05, 0.1) is 11.3 Å². The lowest BCUT2D eigenvalue weighted by atomic mass is 9.85. The van der Waals surface area contributed by atoms with Gasteiger partial charge in [0.1, 0.15) is 42.5 Å². The number of aromatic nitrogens is 1. The Morgan fingerprint density at radius 3 is 2.43 bits per heavy atom. The van der Waals surface area contributed by atoms with Gasteiger partial charge in [0.15, 0.2) is 0 Å². The van der Waals surface area contributed by atoms with Crippen molar-refractivity contribution in [3.63, 3.8) is 0 Å². The molecule has 1 aliphatic heterocycles. The lowest BCUT2D eigenvalue weighted by Gasteiger charge is -2.38. The fraction of sp³-hybridized carbons (Fsp3) is 0.296. The molecule has 0 radical (unpaired) electrons. The highest BCUT2D eigenvalue weighted by Crippen LogP contribution is 2.42. The number of oxime groups is 1. The summed E-state index contributed by atoms with van der Waals surface area (Å²) in [5.74, 6) is 1.30. The lowest BCUT2D eigenvalue weighted by Crippen LogP contribution is -2.45. The summed E-state index contributed by atoms with van der Waals surface area (Å²) in [4.78, 5) is 21.6. The van der Waals surface area contributed by atoms with E-state index in [1.54, 1.807) is 24.3 Å². The third-order valence-corrected chi connectivity index (χ3v) is 6.54. The zero-order valence-corrected chi connectivity index (χ0v) is 21.6. The van der Waals surface area contributed by atoms with E-state index in [1.807, 2.05) is 27.7 Å². The molecule has 7 N–H and O–H groups in total. The van der Waals surface area contributed by atoms with Gasteiger partial charge in [-0.15, -0.1) is 0 Å². The highest BCUT2D eigenvalue weighted by molar-refractivity contribution is 6.08. The van der Waals surface area contributed by atoms with Gasteiger partial charge in [-0.05, 0) is 80.8 Å². The van der Waals surface area contributed by atoms with Crippen molar-refractivity contribution in [2.75, 3.05) is 36.2 Å². The number of nitrogens with zero attached hydrogens (tertiary/aromatic N) is 2. The Bertz CT molecular complexity index is 1390. The molecule has 37 heavy (non-hydrogen) atoms. The zero-order chi connectivity index (χ0) is 26.9. The van der Waals surface area contributed by atoms with Gasteiger partial charge in [-0.2, -0.15) is 0 Å². The smallest absolute Gasteiger partial charge is 0.259 e. The van der Waals surface area contributed by atoms with E-state index in [-0.39, 0.29) is 29.7 Å². The monoisotopic (exact) mass is 504 g/mol. The van der Waals surface area contributed by atoms with Crippen LogP contribution >= 0.6 is 0 Å². The topological polar surface area (TPSA) is 160 Å². The van der Waals surface area contributed by atoms with E-state index in [1.165, 1.54) is 19.2 Å². The maximum Gasteiger partial charge on any atom is 0.259 e.